The van der Waals surface area contributed by atoms with E-state index in [1.807, 2.05) is 6.07 Å². The van der Waals surface area contributed by atoms with Gasteiger partial charge in [-0.05, 0) is 55.2 Å². The Morgan fingerprint density at radius 2 is 2.00 bits per heavy atom. The van der Waals surface area contributed by atoms with Crippen LogP contribution in [0, 0.1) is 17.8 Å². The highest BCUT2D eigenvalue weighted by atomic mass is 16.4. The van der Waals surface area contributed by atoms with E-state index in [9.17, 15) is 14.7 Å². The molecule has 6 nitrogen and oxygen atoms in total. The van der Waals surface area contributed by atoms with Gasteiger partial charge >= 0.3 is 0 Å². The second kappa shape index (κ2) is 6.98. The fourth-order valence-electron chi connectivity index (χ4n) is 3.73. The van der Waals surface area contributed by atoms with E-state index >= 15 is 0 Å². The van der Waals surface area contributed by atoms with Gasteiger partial charge in [-0.3, -0.25) is 4.79 Å². The topological polar surface area (TPSA) is 87.1 Å². The summed E-state index contributed by atoms with van der Waals surface area (Å²) in [6.07, 6.45) is 5.46. The third-order valence-corrected chi connectivity index (χ3v) is 5.87. The number of hydrogen-bond donors (Lipinski definition) is 1. The monoisotopic (exact) mass is 368 g/mol. The summed E-state index contributed by atoms with van der Waals surface area (Å²) >= 11 is 0. The van der Waals surface area contributed by atoms with E-state index in [1.165, 1.54) is 12.8 Å². The van der Waals surface area contributed by atoms with Gasteiger partial charge in [-0.1, -0.05) is 26.3 Å². The zero-order valence-corrected chi connectivity index (χ0v) is 15.9. The molecule has 0 saturated heterocycles. The molecule has 1 N–H and O–H groups in total. The maximum atomic E-state index is 12.6. The molecule has 4 rings (SSSR count). The maximum absolute atomic E-state index is 12.6. The number of amides is 1. The van der Waals surface area contributed by atoms with Crippen molar-refractivity contribution in [1.82, 2.24) is 14.9 Å². The fourth-order valence-corrected chi connectivity index (χ4v) is 3.73. The van der Waals surface area contributed by atoms with Gasteiger partial charge in [-0.15, -0.1) is 0 Å². The molecule has 1 atom stereocenters. The van der Waals surface area contributed by atoms with Gasteiger partial charge in [-0.2, -0.15) is 0 Å². The summed E-state index contributed by atoms with van der Waals surface area (Å²) in [6, 6.07) is 4.77. The summed E-state index contributed by atoms with van der Waals surface area (Å²) in [5.41, 5.74) is 1.70. The van der Waals surface area contributed by atoms with Crippen LogP contribution in [0.25, 0.3) is 11.0 Å². The summed E-state index contributed by atoms with van der Waals surface area (Å²) in [5, 5.41) is 14.4. The lowest BCUT2D eigenvalue weighted by molar-refractivity contribution is -0.255. The van der Waals surface area contributed by atoms with Crippen LogP contribution in [0.5, 0.6) is 0 Å². The standard InChI is InChI=1S/C21H27N3O3/c1-12(2)18(23-20(25)14-4-3-5-14)19-22-16-10-15(21(26)27)8-9-17(16)24(19)11-13-6-7-13/h8-10,12-14,18H,3-7,11H2,1-2H3,(H,23,25)(H,26,27)/p-1/t18-/m0/s1. The minimum Gasteiger partial charge on any atom is -0.545 e. The number of carboxylic acid groups (broad SMARTS) is 1. The van der Waals surface area contributed by atoms with Crippen molar-refractivity contribution in [3.05, 3.63) is 29.6 Å². The SMILES string of the molecule is CC(C)[C@H](NC(=O)C1CCC1)c1nc2cc(C(=O)[O-])ccc2n1CC1CC1. The van der Waals surface area contributed by atoms with Crippen LogP contribution in [0.4, 0.5) is 0 Å². The molecular weight excluding hydrogens is 342 g/mol. The number of carbonyl (C=O) groups excluding carboxylic acids is 2. The van der Waals surface area contributed by atoms with Crippen molar-refractivity contribution in [2.45, 2.75) is 58.5 Å². The quantitative estimate of drug-likeness (QED) is 0.813. The van der Waals surface area contributed by atoms with E-state index in [0.29, 0.717) is 11.4 Å². The minimum absolute atomic E-state index is 0.111. The summed E-state index contributed by atoms with van der Waals surface area (Å²) in [4.78, 5) is 28.6. The molecule has 0 bridgehead atoms. The average molecular weight is 368 g/mol. The zero-order valence-electron chi connectivity index (χ0n) is 15.9. The Labute approximate surface area is 159 Å². The number of carbonyl (C=O) groups is 2. The molecule has 0 unspecified atom stereocenters. The highest BCUT2D eigenvalue weighted by Gasteiger charge is 2.32. The first kappa shape index (κ1) is 18.0. The largest absolute Gasteiger partial charge is 0.545 e. The molecule has 0 spiro atoms. The Morgan fingerprint density at radius 3 is 2.56 bits per heavy atom. The van der Waals surface area contributed by atoms with Crippen LogP contribution in [-0.4, -0.2) is 21.4 Å². The van der Waals surface area contributed by atoms with Crippen LogP contribution in [0.1, 0.15) is 68.2 Å². The van der Waals surface area contributed by atoms with Gasteiger partial charge in [0.1, 0.15) is 5.82 Å². The van der Waals surface area contributed by atoms with Gasteiger partial charge in [0.25, 0.3) is 0 Å². The van der Waals surface area contributed by atoms with Crippen molar-refractivity contribution >= 4 is 22.9 Å². The number of rotatable bonds is 7. The van der Waals surface area contributed by atoms with Crippen molar-refractivity contribution < 1.29 is 14.7 Å². The maximum Gasteiger partial charge on any atom is 0.223 e. The van der Waals surface area contributed by atoms with E-state index in [2.05, 4.69) is 23.7 Å². The number of carboxylic acids is 1. The van der Waals surface area contributed by atoms with Gasteiger partial charge < -0.3 is 19.8 Å². The van der Waals surface area contributed by atoms with Gasteiger partial charge in [0, 0.05) is 12.5 Å². The van der Waals surface area contributed by atoms with E-state index < -0.39 is 5.97 Å². The van der Waals surface area contributed by atoms with Crippen molar-refractivity contribution in [1.29, 1.82) is 0 Å². The van der Waals surface area contributed by atoms with E-state index in [-0.39, 0.29) is 29.3 Å². The summed E-state index contributed by atoms with van der Waals surface area (Å²) < 4.78 is 2.18. The number of nitrogens with one attached hydrogen (secondary N) is 1. The van der Waals surface area contributed by atoms with E-state index in [1.54, 1.807) is 12.1 Å². The Kier molecular flexibility index (Phi) is 4.66. The lowest BCUT2D eigenvalue weighted by Crippen LogP contribution is -2.39. The molecule has 0 aliphatic heterocycles. The summed E-state index contributed by atoms with van der Waals surface area (Å²) in [7, 11) is 0. The predicted molar refractivity (Wildman–Crippen MR) is 99.9 cm³/mol. The van der Waals surface area contributed by atoms with Gasteiger partial charge in [0.05, 0.1) is 23.0 Å². The minimum atomic E-state index is -1.20. The number of fused-ring (bicyclic) bond motifs is 1. The van der Waals surface area contributed by atoms with E-state index in [4.69, 9.17) is 4.98 Å². The number of aromatic nitrogens is 2. The molecule has 2 fully saturated rings. The number of benzene rings is 1. The Morgan fingerprint density at radius 1 is 1.26 bits per heavy atom. The molecule has 2 aromatic rings. The van der Waals surface area contributed by atoms with Crippen LogP contribution >= 0.6 is 0 Å². The summed E-state index contributed by atoms with van der Waals surface area (Å²) in [6.45, 7) is 5.03. The molecule has 1 amide bonds. The van der Waals surface area contributed by atoms with Crippen LogP contribution in [-0.2, 0) is 11.3 Å². The smallest absolute Gasteiger partial charge is 0.223 e. The van der Waals surface area contributed by atoms with Crippen LogP contribution in [0.2, 0.25) is 0 Å². The van der Waals surface area contributed by atoms with Crippen molar-refractivity contribution in [2.24, 2.45) is 17.8 Å². The third kappa shape index (κ3) is 3.57. The zero-order chi connectivity index (χ0) is 19.1. The molecule has 1 aromatic heterocycles. The second-order valence-electron chi connectivity index (χ2n) is 8.37. The first-order valence-corrected chi connectivity index (χ1v) is 9.96. The molecule has 27 heavy (non-hydrogen) atoms. The van der Waals surface area contributed by atoms with Gasteiger partial charge in [-0.25, -0.2) is 4.98 Å². The van der Waals surface area contributed by atoms with Crippen molar-refractivity contribution in [3.8, 4) is 0 Å². The third-order valence-electron chi connectivity index (χ3n) is 5.87. The normalized spacial score (nSPS) is 18.5. The first-order valence-electron chi connectivity index (χ1n) is 9.96. The predicted octanol–water partition coefficient (Wildman–Crippen LogP) is 2.42. The lowest BCUT2D eigenvalue weighted by Gasteiger charge is -2.29. The number of nitrogens with zero attached hydrogens (tertiary/aromatic N) is 2. The van der Waals surface area contributed by atoms with Crippen molar-refractivity contribution in [3.63, 3.8) is 0 Å². The van der Waals surface area contributed by atoms with Crippen molar-refractivity contribution in [2.75, 3.05) is 0 Å². The molecule has 144 valence electrons. The highest BCUT2D eigenvalue weighted by Crippen LogP contribution is 2.35. The molecular formula is C21H26N3O3-. The second-order valence-corrected chi connectivity index (χ2v) is 8.37. The number of hydrogen-bond acceptors (Lipinski definition) is 4. The molecule has 6 heteroatoms. The Hall–Kier alpha value is -2.37. The van der Waals surface area contributed by atoms with E-state index in [0.717, 1.165) is 37.1 Å². The first-order chi connectivity index (χ1) is 12.9. The molecule has 2 aliphatic rings. The fraction of sp³-hybridized carbons (Fsp3) is 0.571. The Bertz CT molecular complexity index is 878. The lowest BCUT2D eigenvalue weighted by atomic mass is 9.84. The number of imidazole rings is 1. The molecule has 1 aromatic carbocycles. The van der Waals surface area contributed by atoms with Crippen LogP contribution in [0.3, 0.4) is 0 Å². The Balaban J connectivity index is 1.73. The number of aromatic carboxylic acids is 1. The van der Waals surface area contributed by atoms with Gasteiger partial charge in [0.15, 0.2) is 0 Å². The average Bonchev–Trinajstić information content (AvgIpc) is 3.31. The molecule has 0 radical (unpaired) electrons. The summed E-state index contributed by atoms with van der Waals surface area (Å²) in [5.74, 6) is 0.683. The van der Waals surface area contributed by atoms with Crippen LogP contribution < -0.4 is 10.4 Å². The van der Waals surface area contributed by atoms with Gasteiger partial charge in [0.2, 0.25) is 5.91 Å². The van der Waals surface area contributed by atoms with Crippen LogP contribution in [0.15, 0.2) is 18.2 Å². The molecule has 2 aliphatic carbocycles. The highest BCUT2D eigenvalue weighted by molar-refractivity contribution is 5.91. The molecule has 1 heterocycles. The molecule has 2 saturated carbocycles.